The van der Waals surface area contributed by atoms with Gasteiger partial charge in [-0.25, -0.2) is 14.8 Å². The molecule has 1 saturated heterocycles. The van der Waals surface area contributed by atoms with E-state index < -0.39 is 12.0 Å². The largest absolute Gasteiger partial charge is 0.443 e. The van der Waals surface area contributed by atoms with E-state index in [2.05, 4.69) is 20.3 Å². The second-order valence-corrected chi connectivity index (χ2v) is 6.67. The smallest absolute Gasteiger partial charge is 0.410 e. The van der Waals surface area contributed by atoms with E-state index in [4.69, 9.17) is 16.3 Å². The molecule has 3 heterocycles. The van der Waals surface area contributed by atoms with E-state index in [-0.39, 0.29) is 30.4 Å². The number of carbonyl (C=O) groups excluding carboxylic acids is 3. The van der Waals surface area contributed by atoms with Gasteiger partial charge in [0.1, 0.15) is 24.7 Å². The molecule has 3 rings (SSSR count). The number of anilines is 1. The summed E-state index contributed by atoms with van der Waals surface area (Å²) in [6.07, 6.45) is 4.19. The van der Waals surface area contributed by atoms with Crippen molar-refractivity contribution in [2.24, 2.45) is 0 Å². The normalized spacial score (nSPS) is 14.0. The fraction of sp³-hybridized carbons (Fsp3) is 0.333. The van der Waals surface area contributed by atoms with E-state index in [0.29, 0.717) is 30.4 Å². The van der Waals surface area contributed by atoms with Gasteiger partial charge in [-0.05, 0) is 18.6 Å². The second kappa shape index (κ2) is 9.28. The summed E-state index contributed by atoms with van der Waals surface area (Å²) in [5.74, 6) is -0.330. The average molecular weight is 419 g/mol. The Labute approximate surface area is 171 Å². The van der Waals surface area contributed by atoms with Gasteiger partial charge in [0.2, 0.25) is 5.91 Å². The molecular weight excluding hydrogens is 400 g/mol. The lowest BCUT2D eigenvalue weighted by Gasteiger charge is -2.19. The third kappa shape index (κ3) is 5.17. The van der Waals surface area contributed by atoms with Crippen LogP contribution in [0.15, 0.2) is 30.7 Å². The lowest BCUT2D eigenvalue weighted by molar-refractivity contribution is -0.121. The molecule has 0 bridgehead atoms. The Morgan fingerprint density at radius 3 is 2.83 bits per heavy atom. The summed E-state index contributed by atoms with van der Waals surface area (Å²) in [5.41, 5.74) is 0.235. The number of pyridine rings is 1. The molecule has 2 aromatic rings. The molecule has 29 heavy (non-hydrogen) atoms. The van der Waals surface area contributed by atoms with Crippen molar-refractivity contribution in [3.05, 3.63) is 47.1 Å². The molecule has 0 aromatic carbocycles. The van der Waals surface area contributed by atoms with Gasteiger partial charge in [0.15, 0.2) is 5.69 Å². The molecule has 0 saturated carbocycles. The number of nitrogens with one attached hydrogen (secondary N) is 1. The lowest BCUT2D eigenvalue weighted by atomic mass is 10.2. The molecule has 1 fully saturated rings. The Balaban J connectivity index is 1.69. The van der Waals surface area contributed by atoms with Gasteiger partial charge in [-0.3, -0.25) is 24.4 Å². The van der Waals surface area contributed by atoms with E-state index in [9.17, 15) is 14.4 Å². The zero-order valence-corrected chi connectivity index (χ0v) is 16.4. The molecular formula is C18H19ClN6O4. The second-order valence-electron chi connectivity index (χ2n) is 6.23. The topological polar surface area (TPSA) is 118 Å². The van der Waals surface area contributed by atoms with E-state index in [1.807, 2.05) is 0 Å². The summed E-state index contributed by atoms with van der Waals surface area (Å²) in [6, 6.07) is 3.21. The minimum atomic E-state index is -0.654. The summed E-state index contributed by atoms with van der Waals surface area (Å²) in [5, 5.41) is 3.13. The van der Waals surface area contributed by atoms with Crippen LogP contribution < -0.4 is 10.2 Å². The fourth-order valence-electron chi connectivity index (χ4n) is 2.66. The Kier molecular flexibility index (Phi) is 6.55. The van der Waals surface area contributed by atoms with E-state index in [0.717, 1.165) is 0 Å². The van der Waals surface area contributed by atoms with E-state index >= 15 is 0 Å². The van der Waals surface area contributed by atoms with E-state index in [1.54, 1.807) is 19.2 Å². The Hall–Kier alpha value is -3.27. The summed E-state index contributed by atoms with van der Waals surface area (Å²) in [4.78, 5) is 51.6. The maximum Gasteiger partial charge on any atom is 0.410 e. The van der Waals surface area contributed by atoms with Crippen LogP contribution in [0, 0.1) is 0 Å². The Bertz CT molecular complexity index is 907. The van der Waals surface area contributed by atoms with Crippen LogP contribution in [0.3, 0.4) is 0 Å². The monoisotopic (exact) mass is 418 g/mol. The first-order valence-corrected chi connectivity index (χ1v) is 9.21. The van der Waals surface area contributed by atoms with Crippen molar-refractivity contribution in [1.82, 2.24) is 25.2 Å². The third-order valence-corrected chi connectivity index (χ3v) is 4.41. The summed E-state index contributed by atoms with van der Waals surface area (Å²) < 4.78 is 5.26. The number of carbonyl (C=O) groups is 3. The van der Waals surface area contributed by atoms with Gasteiger partial charge in [0, 0.05) is 38.7 Å². The molecule has 10 nitrogen and oxygen atoms in total. The first kappa shape index (κ1) is 20.5. The number of ether oxygens (including phenoxy) is 1. The quantitative estimate of drug-likeness (QED) is 0.794. The Morgan fingerprint density at radius 2 is 2.07 bits per heavy atom. The van der Waals surface area contributed by atoms with Crippen LogP contribution in [0.2, 0.25) is 5.02 Å². The molecule has 1 aliphatic rings. The van der Waals surface area contributed by atoms with Crippen LogP contribution in [0.25, 0.3) is 0 Å². The van der Waals surface area contributed by atoms with Gasteiger partial charge in [-0.15, -0.1) is 0 Å². The molecule has 0 atom stereocenters. The lowest BCUT2D eigenvalue weighted by Crippen LogP contribution is -2.37. The van der Waals surface area contributed by atoms with Gasteiger partial charge < -0.3 is 10.1 Å². The average Bonchev–Trinajstić information content (AvgIpc) is 2.96. The highest BCUT2D eigenvalue weighted by Crippen LogP contribution is 2.16. The maximum atomic E-state index is 12.8. The van der Waals surface area contributed by atoms with Crippen molar-refractivity contribution in [3.8, 4) is 0 Å². The van der Waals surface area contributed by atoms with Crippen LogP contribution in [-0.2, 0) is 16.1 Å². The van der Waals surface area contributed by atoms with Crippen LogP contribution >= 0.6 is 11.6 Å². The molecule has 0 radical (unpaired) electrons. The number of rotatable bonds is 4. The first-order chi connectivity index (χ1) is 14.0. The van der Waals surface area contributed by atoms with Gasteiger partial charge in [-0.2, -0.15) is 0 Å². The number of hydrogen-bond donors (Lipinski definition) is 1. The number of amides is 3. The Morgan fingerprint density at radius 1 is 1.28 bits per heavy atom. The molecule has 1 N–H and O–H groups in total. The van der Waals surface area contributed by atoms with Crippen molar-refractivity contribution in [2.45, 2.75) is 13.0 Å². The highest BCUT2D eigenvalue weighted by Gasteiger charge is 2.24. The van der Waals surface area contributed by atoms with Crippen LogP contribution in [0.1, 0.15) is 22.6 Å². The predicted molar refractivity (Wildman–Crippen MR) is 103 cm³/mol. The first-order valence-electron chi connectivity index (χ1n) is 8.83. The summed E-state index contributed by atoms with van der Waals surface area (Å²) >= 11 is 5.83. The fourth-order valence-corrected chi connectivity index (χ4v) is 2.78. The maximum absolute atomic E-state index is 12.8. The van der Waals surface area contributed by atoms with E-state index in [1.165, 1.54) is 28.4 Å². The van der Waals surface area contributed by atoms with Gasteiger partial charge >= 0.3 is 6.09 Å². The molecule has 11 heteroatoms. The van der Waals surface area contributed by atoms with Crippen molar-refractivity contribution < 1.29 is 19.1 Å². The highest BCUT2D eigenvalue weighted by atomic mass is 35.5. The van der Waals surface area contributed by atoms with Crippen molar-refractivity contribution >= 4 is 35.3 Å². The van der Waals surface area contributed by atoms with Crippen LogP contribution in [0.4, 0.5) is 10.6 Å². The van der Waals surface area contributed by atoms with Crippen molar-refractivity contribution in [3.63, 3.8) is 0 Å². The standard InChI is InChI=1S/C18H19ClN6O4/c1-24(14-4-3-12(19)9-23-14)17(27)16-13(20-6-7-22-16)11-29-18(28)25-8-2-5-21-15(26)10-25/h3-4,6-7,9H,2,5,8,10-11H2,1H3,(H,21,26). The minimum absolute atomic E-state index is 0.0353. The highest BCUT2D eigenvalue weighted by molar-refractivity contribution is 6.30. The van der Waals surface area contributed by atoms with Crippen molar-refractivity contribution in [1.29, 1.82) is 0 Å². The van der Waals surface area contributed by atoms with Crippen LogP contribution in [-0.4, -0.2) is 64.4 Å². The third-order valence-electron chi connectivity index (χ3n) is 4.19. The number of aromatic nitrogens is 3. The predicted octanol–water partition coefficient (Wildman–Crippen LogP) is 1.26. The molecule has 152 valence electrons. The SMILES string of the molecule is CN(C(=O)c1nccnc1COC(=O)N1CCCNC(=O)C1)c1ccc(Cl)cn1. The van der Waals surface area contributed by atoms with Crippen LogP contribution in [0.5, 0.6) is 0 Å². The summed E-state index contributed by atoms with van der Waals surface area (Å²) in [7, 11) is 1.54. The molecule has 3 amide bonds. The zero-order chi connectivity index (χ0) is 20.8. The molecule has 1 aliphatic heterocycles. The summed E-state index contributed by atoms with van der Waals surface area (Å²) in [6.45, 7) is 0.578. The van der Waals surface area contributed by atoms with Crippen molar-refractivity contribution in [2.75, 3.05) is 31.6 Å². The molecule has 0 spiro atoms. The number of hydrogen-bond acceptors (Lipinski definition) is 7. The van der Waals surface area contributed by atoms with Gasteiger partial charge in [-0.1, -0.05) is 11.6 Å². The molecule has 2 aromatic heterocycles. The van der Waals surface area contributed by atoms with Gasteiger partial charge in [0.25, 0.3) is 5.91 Å². The minimum Gasteiger partial charge on any atom is -0.443 e. The number of halogens is 1. The number of nitrogens with zero attached hydrogens (tertiary/aromatic N) is 5. The molecule has 0 unspecified atom stereocenters. The molecule has 0 aliphatic carbocycles. The zero-order valence-electron chi connectivity index (χ0n) is 15.7. The van der Waals surface area contributed by atoms with Gasteiger partial charge in [0.05, 0.1) is 5.02 Å².